The zero-order valence-electron chi connectivity index (χ0n) is 8.13. The molecule has 0 radical (unpaired) electrons. The summed E-state index contributed by atoms with van der Waals surface area (Å²) in [6, 6.07) is 0.503. The van der Waals surface area contributed by atoms with Gasteiger partial charge in [0, 0.05) is 19.1 Å². The van der Waals surface area contributed by atoms with Gasteiger partial charge >= 0.3 is 0 Å². The molecule has 3 nitrogen and oxygen atoms in total. The Labute approximate surface area is 75.7 Å². The third-order valence-corrected chi connectivity index (χ3v) is 2.34. The molecule has 0 saturated heterocycles. The molecule has 0 aromatic carbocycles. The Balaban J connectivity index is 0.000000261. The monoisotopic (exact) mass is 173 g/mol. The highest BCUT2D eigenvalue weighted by atomic mass is 14.6. The number of nitrogens with two attached hydrogens (primary N) is 3. The Hall–Kier alpha value is -0.120. The number of hydrogen-bond acceptors (Lipinski definition) is 3. The first-order valence-corrected chi connectivity index (χ1v) is 4.88. The molecule has 0 bridgehead atoms. The lowest BCUT2D eigenvalue weighted by molar-refractivity contribution is 0.331. The fourth-order valence-corrected chi connectivity index (χ4v) is 1.34. The highest BCUT2D eigenvalue weighted by molar-refractivity contribution is 4.73. The molecule has 0 aromatic heterocycles. The van der Waals surface area contributed by atoms with Crippen molar-refractivity contribution in [3.63, 3.8) is 0 Å². The summed E-state index contributed by atoms with van der Waals surface area (Å²) in [4.78, 5) is 0. The first-order chi connectivity index (χ1) is 5.72. The molecule has 1 saturated carbocycles. The molecule has 0 amide bonds. The van der Waals surface area contributed by atoms with Gasteiger partial charge in [-0.3, -0.25) is 0 Å². The summed E-state index contributed by atoms with van der Waals surface area (Å²) in [5.41, 5.74) is 15.6. The lowest BCUT2D eigenvalue weighted by Gasteiger charge is -2.24. The van der Waals surface area contributed by atoms with Gasteiger partial charge in [-0.2, -0.15) is 0 Å². The molecule has 12 heavy (non-hydrogen) atoms. The minimum absolute atomic E-state index is 0.503. The van der Waals surface area contributed by atoms with Crippen LogP contribution < -0.4 is 17.2 Å². The van der Waals surface area contributed by atoms with E-state index in [1.165, 1.54) is 25.7 Å². The largest absolute Gasteiger partial charge is 0.329 e. The van der Waals surface area contributed by atoms with Gasteiger partial charge in [-0.1, -0.05) is 19.8 Å². The van der Waals surface area contributed by atoms with E-state index in [1.807, 2.05) is 0 Å². The average Bonchev–Trinajstić information content (AvgIpc) is 2.11. The topological polar surface area (TPSA) is 78.1 Å². The molecule has 0 aliphatic heterocycles. The van der Waals surface area contributed by atoms with Crippen LogP contribution in [0.5, 0.6) is 0 Å². The van der Waals surface area contributed by atoms with Crippen LogP contribution in [0.2, 0.25) is 0 Å². The smallest absolute Gasteiger partial charge is 0.00645 e. The maximum atomic E-state index is 5.78. The molecule has 0 heterocycles. The fourth-order valence-electron chi connectivity index (χ4n) is 1.34. The van der Waals surface area contributed by atoms with Crippen LogP contribution in [-0.2, 0) is 0 Å². The normalized spacial score (nSPS) is 29.0. The lowest BCUT2D eigenvalue weighted by Crippen LogP contribution is -2.30. The molecule has 3 heteroatoms. The quantitative estimate of drug-likeness (QED) is 0.538. The molecule has 6 N–H and O–H groups in total. The average molecular weight is 173 g/mol. The van der Waals surface area contributed by atoms with Crippen LogP contribution >= 0.6 is 0 Å². The summed E-state index contributed by atoms with van der Waals surface area (Å²) in [5, 5.41) is 0. The van der Waals surface area contributed by atoms with Crippen LogP contribution in [0, 0.1) is 5.92 Å². The van der Waals surface area contributed by atoms with Gasteiger partial charge in [-0.05, 0) is 18.8 Å². The summed E-state index contributed by atoms with van der Waals surface area (Å²) in [5.74, 6) is 0.781. The Morgan fingerprint density at radius 1 is 1.08 bits per heavy atom. The van der Waals surface area contributed by atoms with Gasteiger partial charge in [0.1, 0.15) is 0 Å². The van der Waals surface area contributed by atoms with E-state index < -0.39 is 0 Å². The van der Waals surface area contributed by atoms with Gasteiger partial charge in [-0.25, -0.2) is 0 Å². The van der Waals surface area contributed by atoms with E-state index in [2.05, 4.69) is 6.92 Å². The molecule has 1 aliphatic rings. The highest BCUT2D eigenvalue weighted by Gasteiger charge is 2.15. The second-order valence-corrected chi connectivity index (χ2v) is 3.50. The van der Waals surface area contributed by atoms with Gasteiger partial charge in [0.05, 0.1) is 0 Å². The van der Waals surface area contributed by atoms with E-state index >= 15 is 0 Å². The molecular formula is C9H23N3. The Morgan fingerprint density at radius 2 is 1.58 bits per heavy atom. The Kier molecular flexibility index (Phi) is 7.45. The van der Waals surface area contributed by atoms with E-state index in [1.54, 1.807) is 0 Å². The third kappa shape index (κ3) is 5.52. The minimum Gasteiger partial charge on any atom is -0.329 e. The fraction of sp³-hybridized carbons (Fsp3) is 1.00. The first kappa shape index (κ1) is 11.9. The van der Waals surface area contributed by atoms with Crippen molar-refractivity contribution in [2.24, 2.45) is 23.1 Å². The van der Waals surface area contributed by atoms with Crippen molar-refractivity contribution in [2.45, 2.75) is 38.6 Å². The highest BCUT2D eigenvalue weighted by Crippen LogP contribution is 2.21. The van der Waals surface area contributed by atoms with Crippen LogP contribution in [0.4, 0.5) is 0 Å². The minimum atomic E-state index is 0.503. The lowest BCUT2D eigenvalue weighted by atomic mass is 9.87. The molecule has 74 valence electrons. The maximum Gasteiger partial charge on any atom is 0.00645 e. The molecule has 0 spiro atoms. The Morgan fingerprint density at radius 3 is 1.83 bits per heavy atom. The van der Waals surface area contributed by atoms with Gasteiger partial charge in [0.2, 0.25) is 0 Å². The van der Waals surface area contributed by atoms with Crippen molar-refractivity contribution in [1.82, 2.24) is 0 Å². The first-order valence-electron chi connectivity index (χ1n) is 4.88. The summed E-state index contributed by atoms with van der Waals surface area (Å²) in [6.07, 6.45) is 5.35. The zero-order valence-corrected chi connectivity index (χ0v) is 8.13. The predicted molar refractivity (Wildman–Crippen MR) is 53.7 cm³/mol. The predicted octanol–water partition coefficient (Wildman–Crippen LogP) is 0.428. The molecule has 1 aliphatic carbocycles. The van der Waals surface area contributed by atoms with Crippen molar-refractivity contribution in [3.05, 3.63) is 0 Å². The maximum absolute atomic E-state index is 5.78. The van der Waals surface area contributed by atoms with Gasteiger partial charge in [0.15, 0.2) is 0 Å². The van der Waals surface area contributed by atoms with Crippen molar-refractivity contribution >= 4 is 0 Å². The summed E-state index contributed by atoms with van der Waals surface area (Å²) < 4.78 is 0. The van der Waals surface area contributed by atoms with Crippen LogP contribution in [0.3, 0.4) is 0 Å². The molecule has 1 rings (SSSR count). The molecule has 1 fully saturated rings. The Bertz CT molecular complexity index is 83.8. The second-order valence-electron chi connectivity index (χ2n) is 3.50. The van der Waals surface area contributed by atoms with E-state index in [9.17, 15) is 0 Å². The zero-order chi connectivity index (χ0) is 9.40. The summed E-state index contributed by atoms with van der Waals surface area (Å²) in [6.45, 7) is 3.45. The van der Waals surface area contributed by atoms with E-state index in [4.69, 9.17) is 17.2 Å². The molecule has 2 atom stereocenters. The van der Waals surface area contributed by atoms with Crippen LogP contribution in [0.25, 0.3) is 0 Å². The second kappa shape index (κ2) is 7.53. The third-order valence-electron chi connectivity index (χ3n) is 2.34. The van der Waals surface area contributed by atoms with E-state index in [0.29, 0.717) is 19.1 Å². The van der Waals surface area contributed by atoms with Crippen molar-refractivity contribution in [3.8, 4) is 0 Å². The molecular weight excluding hydrogens is 150 g/mol. The van der Waals surface area contributed by atoms with E-state index in [-0.39, 0.29) is 0 Å². The SMILES string of the molecule is CC1CCCCC1N.NCCN. The summed E-state index contributed by atoms with van der Waals surface area (Å²) in [7, 11) is 0. The van der Waals surface area contributed by atoms with Crippen LogP contribution in [0.1, 0.15) is 32.6 Å². The van der Waals surface area contributed by atoms with Crippen molar-refractivity contribution < 1.29 is 0 Å². The number of hydrogen-bond donors (Lipinski definition) is 3. The molecule has 2 unspecified atom stereocenters. The number of rotatable bonds is 1. The summed E-state index contributed by atoms with van der Waals surface area (Å²) >= 11 is 0. The van der Waals surface area contributed by atoms with E-state index in [0.717, 1.165) is 5.92 Å². The van der Waals surface area contributed by atoms with Gasteiger partial charge in [-0.15, -0.1) is 0 Å². The molecule has 0 aromatic rings. The van der Waals surface area contributed by atoms with Crippen molar-refractivity contribution in [2.75, 3.05) is 13.1 Å². The van der Waals surface area contributed by atoms with Crippen LogP contribution in [0.15, 0.2) is 0 Å². The van der Waals surface area contributed by atoms with Crippen molar-refractivity contribution in [1.29, 1.82) is 0 Å². The van der Waals surface area contributed by atoms with Gasteiger partial charge in [0.25, 0.3) is 0 Å². The standard InChI is InChI=1S/C7H15N.C2H8N2/c1-6-4-2-3-5-7(6)8;3-1-2-4/h6-7H,2-5,8H2,1H3;1-4H2. The van der Waals surface area contributed by atoms with Gasteiger partial charge < -0.3 is 17.2 Å². The van der Waals surface area contributed by atoms with Crippen LogP contribution in [-0.4, -0.2) is 19.1 Å².